The molecule has 2 saturated heterocycles. The van der Waals surface area contributed by atoms with Crippen molar-refractivity contribution in [2.75, 3.05) is 45.8 Å². The van der Waals surface area contributed by atoms with Gasteiger partial charge in [-0.2, -0.15) is 0 Å². The Labute approximate surface area is 133 Å². The van der Waals surface area contributed by atoms with Crippen LogP contribution in [-0.4, -0.2) is 87.5 Å². The second-order valence-electron chi connectivity index (χ2n) is 5.70. The van der Waals surface area contributed by atoms with Crippen LogP contribution in [0, 0.1) is 0 Å². The fourth-order valence-electron chi connectivity index (χ4n) is 2.60. The first-order valence-electron chi connectivity index (χ1n) is 7.61. The van der Waals surface area contributed by atoms with Gasteiger partial charge in [-0.1, -0.05) is 0 Å². The Morgan fingerprint density at radius 2 is 1.52 bits per heavy atom. The van der Waals surface area contributed by atoms with Crippen molar-refractivity contribution in [3.8, 4) is 11.8 Å². The lowest BCUT2D eigenvalue weighted by molar-refractivity contribution is -0.134. The molecular formula is C14H20N4O5. The van der Waals surface area contributed by atoms with E-state index in [9.17, 15) is 19.8 Å². The highest BCUT2D eigenvalue weighted by Gasteiger charge is 2.28. The minimum Gasteiger partial charge on any atom is -0.492 e. The summed E-state index contributed by atoms with van der Waals surface area (Å²) in [4.78, 5) is 34.3. The number of nitrogens with zero attached hydrogens (tertiary/aromatic N) is 4. The number of likely N-dealkylation sites (tertiary alicyclic amines) is 1. The van der Waals surface area contributed by atoms with Crippen LogP contribution in [0.3, 0.4) is 0 Å². The highest BCUT2D eigenvalue weighted by Crippen LogP contribution is 2.19. The molecule has 23 heavy (non-hydrogen) atoms. The van der Waals surface area contributed by atoms with E-state index in [-0.39, 0.29) is 17.7 Å². The monoisotopic (exact) mass is 324 g/mol. The Balaban J connectivity index is 1.48. The third-order valence-electron chi connectivity index (χ3n) is 4.17. The number of aromatic hydroxyl groups is 2. The number of piperazine rings is 1. The standard InChI is InChI=1S/C14H20N4O5/c19-11-2-3-12(20)18(11)23-14(22)17-8-6-16(7-9-17)13(21)10-15-4-1-5-15/h2-3,19-20H,1,4-10H2. The van der Waals surface area contributed by atoms with Crippen LogP contribution in [0.2, 0.25) is 0 Å². The van der Waals surface area contributed by atoms with Crippen molar-refractivity contribution in [2.45, 2.75) is 6.42 Å². The van der Waals surface area contributed by atoms with Crippen LogP contribution in [-0.2, 0) is 4.79 Å². The Morgan fingerprint density at radius 3 is 2.04 bits per heavy atom. The molecule has 126 valence electrons. The van der Waals surface area contributed by atoms with E-state index < -0.39 is 6.09 Å². The molecule has 0 atom stereocenters. The van der Waals surface area contributed by atoms with E-state index in [2.05, 4.69) is 4.90 Å². The van der Waals surface area contributed by atoms with Gasteiger partial charge in [-0.15, -0.1) is 4.73 Å². The lowest BCUT2D eigenvalue weighted by atomic mass is 10.2. The smallest absolute Gasteiger partial charge is 0.434 e. The van der Waals surface area contributed by atoms with E-state index >= 15 is 0 Å². The predicted molar refractivity (Wildman–Crippen MR) is 78.9 cm³/mol. The number of rotatable bonds is 3. The molecule has 1 aromatic heterocycles. The number of hydrogen-bond acceptors (Lipinski definition) is 6. The van der Waals surface area contributed by atoms with Crippen LogP contribution in [0.15, 0.2) is 12.1 Å². The lowest BCUT2D eigenvalue weighted by Gasteiger charge is -2.36. The topological polar surface area (TPSA) is 98.5 Å². The van der Waals surface area contributed by atoms with Crippen molar-refractivity contribution < 1.29 is 24.6 Å². The van der Waals surface area contributed by atoms with Crippen molar-refractivity contribution in [2.24, 2.45) is 0 Å². The Kier molecular flexibility index (Phi) is 4.28. The minimum absolute atomic E-state index is 0.0819. The maximum absolute atomic E-state index is 12.1. The summed E-state index contributed by atoms with van der Waals surface area (Å²) in [5.74, 6) is -0.642. The molecule has 2 fully saturated rings. The largest absolute Gasteiger partial charge is 0.492 e. The van der Waals surface area contributed by atoms with Gasteiger partial charge in [0.1, 0.15) is 0 Å². The summed E-state index contributed by atoms with van der Waals surface area (Å²) in [5.41, 5.74) is 0. The van der Waals surface area contributed by atoms with E-state index in [1.807, 2.05) is 0 Å². The summed E-state index contributed by atoms with van der Waals surface area (Å²) >= 11 is 0. The summed E-state index contributed by atoms with van der Waals surface area (Å²) in [6.07, 6.45) is 0.466. The average Bonchev–Trinajstić information content (AvgIpc) is 2.82. The zero-order valence-corrected chi connectivity index (χ0v) is 12.7. The van der Waals surface area contributed by atoms with Crippen LogP contribution in [0.1, 0.15) is 6.42 Å². The van der Waals surface area contributed by atoms with E-state index in [4.69, 9.17) is 4.84 Å². The minimum atomic E-state index is -0.679. The molecule has 3 rings (SSSR count). The summed E-state index contributed by atoms with van der Waals surface area (Å²) in [7, 11) is 0. The molecule has 2 aliphatic rings. The summed E-state index contributed by atoms with van der Waals surface area (Å²) in [6.45, 7) is 4.00. The van der Waals surface area contributed by atoms with Gasteiger partial charge in [0.25, 0.3) is 0 Å². The van der Waals surface area contributed by atoms with E-state index in [1.54, 1.807) is 4.90 Å². The van der Waals surface area contributed by atoms with Crippen LogP contribution < -0.4 is 4.84 Å². The molecular weight excluding hydrogens is 304 g/mol. The molecule has 9 nitrogen and oxygen atoms in total. The highest BCUT2D eigenvalue weighted by atomic mass is 16.7. The third kappa shape index (κ3) is 3.34. The van der Waals surface area contributed by atoms with Crippen LogP contribution >= 0.6 is 0 Å². The number of hydrogen-bond donors (Lipinski definition) is 2. The number of carbonyl (C=O) groups excluding carboxylic acids is 2. The van der Waals surface area contributed by atoms with Gasteiger partial charge in [0, 0.05) is 38.3 Å². The molecule has 9 heteroatoms. The number of aromatic nitrogens is 1. The first-order valence-corrected chi connectivity index (χ1v) is 7.61. The van der Waals surface area contributed by atoms with Crippen LogP contribution in [0.4, 0.5) is 4.79 Å². The maximum atomic E-state index is 12.1. The number of amides is 2. The molecule has 0 bridgehead atoms. The van der Waals surface area contributed by atoms with Gasteiger partial charge in [-0.3, -0.25) is 9.69 Å². The van der Waals surface area contributed by atoms with Gasteiger partial charge in [-0.05, 0) is 19.5 Å². The zero-order valence-electron chi connectivity index (χ0n) is 12.7. The van der Waals surface area contributed by atoms with Crippen LogP contribution in [0.5, 0.6) is 11.8 Å². The zero-order chi connectivity index (χ0) is 16.4. The highest BCUT2D eigenvalue weighted by molar-refractivity contribution is 5.79. The summed E-state index contributed by atoms with van der Waals surface area (Å²) in [6, 6.07) is 2.43. The Hall–Kier alpha value is -2.42. The van der Waals surface area contributed by atoms with Gasteiger partial charge in [0.05, 0.1) is 6.54 Å². The lowest BCUT2D eigenvalue weighted by Crippen LogP contribution is -2.54. The Morgan fingerprint density at radius 1 is 0.957 bits per heavy atom. The van der Waals surface area contributed by atoms with Crippen molar-refractivity contribution in [3.63, 3.8) is 0 Å². The van der Waals surface area contributed by atoms with Gasteiger partial charge >= 0.3 is 6.09 Å². The van der Waals surface area contributed by atoms with Crippen molar-refractivity contribution >= 4 is 12.0 Å². The van der Waals surface area contributed by atoms with Gasteiger partial charge in [0.2, 0.25) is 17.7 Å². The van der Waals surface area contributed by atoms with Crippen molar-refractivity contribution in [1.29, 1.82) is 0 Å². The molecule has 0 unspecified atom stereocenters. The molecule has 0 saturated carbocycles. The molecule has 3 heterocycles. The first kappa shape index (κ1) is 15.5. The maximum Gasteiger partial charge on any atom is 0.434 e. The third-order valence-corrected chi connectivity index (χ3v) is 4.17. The average molecular weight is 324 g/mol. The van der Waals surface area contributed by atoms with Crippen molar-refractivity contribution in [3.05, 3.63) is 12.1 Å². The number of carbonyl (C=O) groups is 2. The van der Waals surface area contributed by atoms with Gasteiger partial charge in [0.15, 0.2) is 0 Å². The second kappa shape index (κ2) is 6.37. The predicted octanol–water partition coefficient (Wildman–Crippen LogP) is -0.702. The molecule has 2 aliphatic heterocycles. The summed E-state index contributed by atoms with van der Waals surface area (Å²) < 4.78 is 0.656. The molecule has 2 amide bonds. The van der Waals surface area contributed by atoms with Crippen molar-refractivity contribution in [1.82, 2.24) is 19.4 Å². The molecule has 0 aromatic carbocycles. The van der Waals surface area contributed by atoms with E-state index in [0.29, 0.717) is 37.5 Å². The normalized spacial score (nSPS) is 18.6. The molecule has 0 spiro atoms. The van der Waals surface area contributed by atoms with Gasteiger partial charge in [-0.25, -0.2) is 4.79 Å². The molecule has 1 aromatic rings. The van der Waals surface area contributed by atoms with Crippen LogP contribution in [0.25, 0.3) is 0 Å². The fourth-order valence-corrected chi connectivity index (χ4v) is 2.60. The van der Waals surface area contributed by atoms with E-state index in [0.717, 1.165) is 19.5 Å². The molecule has 0 radical (unpaired) electrons. The first-order chi connectivity index (χ1) is 11.0. The Bertz CT molecular complexity index is 570. The molecule has 2 N–H and O–H groups in total. The van der Waals surface area contributed by atoms with E-state index in [1.165, 1.54) is 17.0 Å². The van der Waals surface area contributed by atoms with Gasteiger partial charge < -0.3 is 24.9 Å². The quantitative estimate of drug-likeness (QED) is 0.763. The summed E-state index contributed by atoms with van der Waals surface area (Å²) in [5, 5.41) is 18.9. The molecule has 0 aliphatic carbocycles. The SMILES string of the molecule is O=C(CN1CCC1)N1CCN(C(=O)On2c(O)ccc2O)CC1. The fraction of sp³-hybridized carbons (Fsp3) is 0.571. The second-order valence-corrected chi connectivity index (χ2v) is 5.70.